The molecule has 0 unspecified atom stereocenters. The van der Waals surface area contributed by atoms with Gasteiger partial charge in [-0.15, -0.1) is 10.2 Å². The molecule has 176 valence electrons. The molecule has 0 amide bonds. The monoisotopic (exact) mass is 459 g/mol. The Morgan fingerprint density at radius 2 is 1.97 bits per heavy atom. The van der Waals surface area contributed by atoms with E-state index in [1.807, 2.05) is 49.9 Å². The van der Waals surface area contributed by atoms with Crippen LogP contribution in [0.15, 0.2) is 36.8 Å². The molecule has 0 spiro atoms. The SMILES string of the molecule is CCOc1cc(-c2nncn2C)ccc1Cc1ncc2cc(C)nc(N3CC(C)(OC)C3)c2n1. The molecule has 1 saturated heterocycles. The molecule has 0 aliphatic carbocycles. The molecule has 4 heterocycles. The van der Waals surface area contributed by atoms with Crippen LogP contribution in [0.4, 0.5) is 5.82 Å². The number of hydrogen-bond acceptors (Lipinski definition) is 8. The van der Waals surface area contributed by atoms with Gasteiger partial charge in [-0.25, -0.2) is 15.0 Å². The fraction of sp³-hybridized carbons (Fsp3) is 0.400. The van der Waals surface area contributed by atoms with E-state index < -0.39 is 0 Å². The Morgan fingerprint density at radius 1 is 1.15 bits per heavy atom. The minimum absolute atomic E-state index is 0.148. The van der Waals surface area contributed by atoms with Crippen LogP contribution in [0, 0.1) is 6.92 Å². The van der Waals surface area contributed by atoms with Gasteiger partial charge in [-0.2, -0.15) is 0 Å². The molecule has 9 heteroatoms. The highest BCUT2D eigenvalue weighted by atomic mass is 16.5. The van der Waals surface area contributed by atoms with Gasteiger partial charge in [0.05, 0.1) is 25.3 Å². The molecule has 0 atom stereocenters. The average Bonchev–Trinajstić information content (AvgIpc) is 3.24. The molecule has 5 rings (SSSR count). The van der Waals surface area contributed by atoms with Gasteiger partial charge in [0.1, 0.15) is 23.4 Å². The number of hydrogen-bond donors (Lipinski definition) is 0. The molecule has 1 aromatic carbocycles. The van der Waals surface area contributed by atoms with Crippen molar-refractivity contribution in [2.24, 2.45) is 7.05 Å². The number of ether oxygens (including phenoxy) is 2. The lowest BCUT2D eigenvalue weighted by atomic mass is 9.96. The van der Waals surface area contributed by atoms with Crippen LogP contribution in [0.1, 0.15) is 30.9 Å². The van der Waals surface area contributed by atoms with Gasteiger partial charge in [-0.1, -0.05) is 12.1 Å². The summed E-state index contributed by atoms with van der Waals surface area (Å²) in [6, 6.07) is 8.12. The van der Waals surface area contributed by atoms with Crippen molar-refractivity contribution >= 4 is 16.7 Å². The quantitative estimate of drug-likeness (QED) is 0.416. The Hall–Kier alpha value is -3.59. The van der Waals surface area contributed by atoms with E-state index in [-0.39, 0.29) is 5.60 Å². The highest BCUT2D eigenvalue weighted by Crippen LogP contribution is 2.33. The number of aromatic nitrogens is 6. The first-order chi connectivity index (χ1) is 16.4. The highest BCUT2D eigenvalue weighted by molar-refractivity contribution is 5.89. The van der Waals surface area contributed by atoms with Crippen molar-refractivity contribution in [1.82, 2.24) is 29.7 Å². The molecule has 1 fully saturated rings. The molecule has 0 radical (unpaired) electrons. The lowest BCUT2D eigenvalue weighted by Crippen LogP contribution is -2.61. The van der Waals surface area contributed by atoms with Crippen LogP contribution in [0.25, 0.3) is 22.3 Å². The van der Waals surface area contributed by atoms with Crippen molar-refractivity contribution in [3.8, 4) is 17.1 Å². The molecule has 1 aliphatic heterocycles. The van der Waals surface area contributed by atoms with Crippen molar-refractivity contribution in [3.63, 3.8) is 0 Å². The van der Waals surface area contributed by atoms with E-state index in [2.05, 4.69) is 33.1 Å². The summed E-state index contributed by atoms with van der Waals surface area (Å²) in [4.78, 5) is 16.6. The molecular formula is C25H29N7O2. The smallest absolute Gasteiger partial charge is 0.163 e. The first-order valence-corrected chi connectivity index (χ1v) is 11.4. The van der Waals surface area contributed by atoms with E-state index in [4.69, 9.17) is 19.4 Å². The zero-order chi connectivity index (χ0) is 23.9. The minimum atomic E-state index is -0.148. The number of benzene rings is 1. The van der Waals surface area contributed by atoms with E-state index in [1.165, 1.54) is 0 Å². The molecule has 1 aliphatic rings. The summed E-state index contributed by atoms with van der Waals surface area (Å²) in [5, 5.41) is 9.18. The lowest BCUT2D eigenvalue weighted by molar-refractivity contribution is -0.0170. The lowest BCUT2D eigenvalue weighted by Gasteiger charge is -2.47. The van der Waals surface area contributed by atoms with Crippen LogP contribution in [0.3, 0.4) is 0 Å². The molecule has 4 aromatic rings. The maximum Gasteiger partial charge on any atom is 0.163 e. The fourth-order valence-corrected chi connectivity index (χ4v) is 4.38. The van der Waals surface area contributed by atoms with Gasteiger partial charge in [-0.3, -0.25) is 0 Å². The summed E-state index contributed by atoms with van der Waals surface area (Å²) in [6.07, 6.45) is 4.13. The second-order valence-electron chi connectivity index (χ2n) is 9.02. The number of pyridine rings is 1. The van der Waals surface area contributed by atoms with E-state index in [9.17, 15) is 0 Å². The van der Waals surface area contributed by atoms with Gasteiger partial charge in [0.25, 0.3) is 0 Å². The third-order valence-electron chi connectivity index (χ3n) is 6.25. The maximum absolute atomic E-state index is 5.97. The van der Waals surface area contributed by atoms with Crippen molar-refractivity contribution < 1.29 is 9.47 Å². The van der Waals surface area contributed by atoms with Gasteiger partial charge in [0.15, 0.2) is 11.6 Å². The van der Waals surface area contributed by atoms with E-state index in [0.29, 0.717) is 13.0 Å². The molecule has 34 heavy (non-hydrogen) atoms. The molecule has 0 N–H and O–H groups in total. The zero-order valence-corrected chi connectivity index (χ0v) is 20.2. The number of nitrogens with zero attached hydrogens (tertiary/aromatic N) is 7. The molecule has 9 nitrogen and oxygen atoms in total. The maximum atomic E-state index is 5.97. The Kier molecular flexibility index (Phi) is 5.65. The van der Waals surface area contributed by atoms with Crippen molar-refractivity contribution in [1.29, 1.82) is 0 Å². The fourth-order valence-electron chi connectivity index (χ4n) is 4.38. The summed E-state index contributed by atoms with van der Waals surface area (Å²) >= 11 is 0. The molecular weight excluding hydrogens is 430 g/mol. The largest absolute Gasteiger partial charge is 0.494 e. The van der Waals surface area contributed by atoms with Gasteiger partial charge in [-0.05, 0) is 32.9 Å². The second kappa shape index (κ2) is 8.64. The van der Waals surface area contributed by atoms with Gasteiger partial charge < -0.3 is 18.9 Å². The normalized spacial score (nSPS) is 14.9. The van der Waals surface area contributed by atoms with Gasteiger partial charge in [0.2, 0.25) is 0 Å². The standard InChI is InChI=1S/C25H29N7O2/c1-6-34-20-10-18(23-30-27-15-31(23)4)8-7-17(20)11-21-26-12-19-9-16(2)28-24(22(19)29-21)32-13-25(3,14-32)33-5/h7-10,12,15H,6,11,13-14H2,1-5H3. The van der Waals surface area contributed by atoms with Crippen LogP contribution >= 0.6 is 0 Å². The summed E-state index contributed by atoms with van der Waals surface area (Å²) in [5.41, 5.74) is 3.63. The van der Waals surface area contributed by atoms with E-state index in [0.717, 1.165) is 64.0 Å². The van der Waals surface area contributed by atoms with Crippen LogP contribution < -0.4 is 9.64 Å². The Balaban J connectivity index is 1.49. The average molecular weight is 460 g/mol. The van der Waals surface area contributed by atoms with E-state index >= 15 is 0 Å². The third-order valence-corrected chi connectivity index (χ3v) is 6.25. The number of methoxy groups -OCH3 is 1. The topological polar surface area (TPSA) is 91.1 Å². The first-order valence-electron chi connectivity index (χ1n) is 11.4. The van der Waals surface area contributed by atoms with Gasteiger partial charge >= 0.3 is 0 Å². The van der Waals surface area contributed by atoms with E-state index in [1.54, 1.807) is 13.4 Å². The number of aryl methyl sites for hydroxylation is 2. The predicted molar refractivity (Wildman–Crippen MR) is 130 cm³/mol. The molecule has 0 bridgehead atoms. The van der Waals surface area contributed by atoms with Crippen molar-refractivity contribution in [3.05, 3.63) is 53.9 Å². The highest BCUT2D eigenvalue weighted by Gasteiger charge is 2.40. The first kappa shape index (κ1) is 22.2. The van der Waals surface area contributed by atoms with Crippen LogP contribution in [0.5, 0.6) is 5.75 Å². The van der Waals surface area contributed by atoms with Gasteiger partial charge in [0, 0.05) is 49.0 Å². The summed E-state index contributed by atoms with van der Waals surface area (Å²) in [6.45, 7) is 8.22. The Morgan fingerprint density at radius 3 is 2.68 bits per heavy atom. The Bertz CT molecular complexity index is 1340. The third kappa shape index (κ3) is 4.07. The molecule has 3 aromatic heterocycles. The van der Waals surface area contributed by atoms with Crippen LogP contribution in [-0.4, -0.2) is 62.1 Å². The Labute approximate surface area is 198 Å². The molecule has 0 saturated carbocycles. The minimum Gasteiger partial charge on any atom is -0.494 e. The van der Waals surface area contributed by atoms with Crippen LogP contribution in [-0.2, 0) is 18.2 Å². The van der Waals surface area contributed by atoms with Crippen LogP contribution in [0.2, 0.25) is 0 Å². The summed E-state index contributed by atoms with van der Waals surface area (Å²) < 4.78 is 13.5. The number of anilines is 1. The predicted octanol–water partition coefficient (Wildman–Crippen LogP) is 3.34. The number of rotatable bonds is 7. The number of fused-ring (bicyclic) bond motifs is 1. The summed E-state index contributed by atoms with van der Waals surface area (Å²) in [5.74, 6) is 3.20. The summed E-state index contributed by atoms with van der Waals surface area (Å²) in [7, 11) is 3.68. The zero-order valence-electron chi connectivity index (χ0n) is 20.2. The second-order valence-corrected chi connectivity index (χ2v) is 9.02. The van der Waals surface area contributed by atoms with Crippen molar-refractivity contribution in [2.45, 2.75) is 32.8 Å². The van der Waals surface area contributed by atoms with Crippen molar-refractivity contribution in [2.75, 3.05) is 31.7 Å².